The molecule has 0 fully saturated rings. The highest BCUT2D eigenvalue weighted by molar-refractivity contribution is 6.10. The van der Waals surface area contributed by atoms with Gasteiger partial charge in [0.05, 0.1) is 24.7 Å². The van der Waals surface area contributed by atoms with E-state index in [0.29, 0.717) is 18.9 Å². The zero-order valence-corrected chi connectivity index (χ0v) is 14.0. The Balaban J connectivity index is 2.07. The van der Waals surface area contributed by atoms with Gasteiger partial charge in [-0.05, 0) is 25.0 Å². The molecule has 0 unspecified atom stereocenters. The van der Waals surface area contributed by atoms with Crippen LogP contribution in [0.5, 0.6) is 11.5 Å². The smallest absolute Gasteiger partial charge is 0.286 e. The van der Waals surface area contributed by atoms with E-state index in [1.165, 1.54) is 19.2 Å². The van der Waals surface area contributed by atoms with Gasteiger partial charge in [-0.1, -0.05) is 18.2 Å². The highest BCUT2D eigenvalue weighted by Gasteiger charge is 2.31. The molecule has 0 saturated heterocycles. The third kappa shape index (κ3) is 3.00. The van der Waals surface area contributed by atoms with Crippen LogP contribution in [0, 0.1) is 10.1 Å². The van der Waals surface area contributed by atoms with Gasteiger partial charge in [0.15, 0.2) is 11.5 Å². The number of hydrogen-bond donors (Lipinski definition) is 0. The number of hydrogen-bond acceptors (Lipinski definition) is 5. The summed E-state index contributed by atoms with van der Waals surface area (Å²) in [4.78, 5) is 25.5. The Morgan fingerprint density at radius 2 is 2.04 bits per heavy atom. The number of fused-ring (bicyclic) bond motifs is 1. The summed E-state index contributed by atoms with van der Waals surface area (Å²) in [5.74, 6) is 0.122. The van der Waals surface area contributed by atoms with Gasteiger partial charge in [-0.25, -0.2) is 0 Å². The van der Waals surface area contributed by atoms with Crippen LogP contribution in [0.1, 0.15) is 22.8 Å². The number of nitro groups is 1. The van der Waals surface area contributed by atoms with Gasteiger partial charge in [-0.3, -0.25) is 14.9 Å². The lowest BCUT2D eigenvalue weighted by molar-refractivity contribution is -0.385. The van der Waals surface area contributed by atoms with Crippen molar-refractivity contribution < 1.29 is 19.2 Å². The molecule has 0 atom stereocenters. The molecule has 25 heavy (non-hydrogen) atoms. The highest BCUT2D eigenvalue weighted by atomic mass is 16.6. The van der Waals surface area contributed by atoms with E-state index in [-0.39, 0.29) is 17.0 Å². The Labute approximate surface area is 144 Å². The van der Waals surface area contributed by atoms with Crippen LogP contribution >= 0.6 is 0 Å². The van der Waals surface area contributed by atoms with Crippen molar-refractivity contribution in [2.75, 3.05) is 25.2 Å². The fraction of sp³-hybridized carbons (Fsp3) is 0.278. The van der Waals surface area contributed by atoms with E-state index in [0.717, 1.165) is 17.7 Å². The molecule has 0 N–H and O–H groups in total. The Hall–Kier alpha value is -3.09. The summed E-state index contributed by atoms with van der Waals surface area (Å²) >= 11 is 0. The predicted octanol–water partition coefficient (Wildman–Crippen LogP) is 3.21. The number of ether oxygens (including phenoxy) is 2. The summed E-state index contributed by atoms with van der Waals surface area (Å²) in [6, 6.07) is 10.2. The normalized spacial score (nSPS) is 12.6. The van der Waals surface area contributed by atoms with Crippen LogP contribution in [0.2, 0.25) is 0 Å². The molecule has 1 amide bonds. The summed E-state index contributed by atoms with van der Waals surface area (Å²) in [5, 5.41) is 11.5. The number of nitro benzene ring substituents is 1. The van der Waals surface area contributed by atoms with E-state index in [4.69, 9.17) is 9.47 Å². The largest absolute Gasteiger partial charge is 0.493 e. The number of para-hydroxylation sites is 1. The highest BCUT2D eigenvalue weighted by Crippen LogP contribution is 2.37. The number of rotatable bonds is 5. The van der Waals surface area contributed by atoms with Crippen LogP contribution in [0.4, 0.5) is 11.4 Å². The van der Waals surface area contributed by atoms with Crippen LogP contribution in [0.15, 0.2) is 36.4 Å². The number of benzene rings is 2. The van der Waals surface area contributed by atoms with Crippen molar-refractivity contribution in [1.82, 2.24) is 0 Å². The zero-order valence-electron chi connectivity index (χ0n) is 14.0. The van der Waals surface area contributed by atoms with Crippen molar-refractivity contribution >= 4 is 17.3 Å². The Morgan fingerprint density at radius 1 is 1.28 bits per heavy atom. The lowest BCUT2D eigenvalue weighted by atomic mass is 10.1. The van der Waals surface area contributed by atoms with Crippen LogP contribution in [-0.4, -0.2) is 31.1 Å². The monoisotopic (exact) mass is 342 g/mol. The molecule has 0 radical (unpaired) electrons. The van der Waals surface area contributed by atoms with Crippen molar-refractivity contribution in [3.05, 3.63) is 57.6 Å². The van der Waals surface area contributed by atoms with Crippen LogP contribution in [-0.2, 0) is 6.42 Å². The number of nitrogens with zero attached hydrogens (tertiary/aromatic N) is 2. The third-order valence-corrected chi connectivity index (χ3v) is 4.14. The molecule has 7 nitrogen and oxygen atoms in total. The average molecular weight is 342 g/mol. The minimum absolute atomic E-state index is 0.0120. The van der Waals surface area contributed by atoms with Crippen molar-refractivity contribution in [2.45, 2.75) is 13.3 Å². The Morgan fingerprint density at radius 3 is 2.72 bits per heavy atom. The molecule has 1 aliphatic rings. The SMILES string of the molecule is CCOc1cc([N+](=O)[O-])c(C(=O)N2CCc3ccccc32)cc1OC. The van der Waals surface area contributed by atoms with E-state index in [1.807, 2.05) is 24.3 Å². The van der Waals surface area contributed by atoms with Gasteiger partial charge in [-0.2, -0.15) is 0 Å². The number of carbonyl (C=O) groups excluding carboxylic acids is 1. The number of carbonyl (C=O) groups is 1. The molecule has 1 aliphatic heterocycles. The summed E-state index contributed by atoms with van der Waals surface area (Å²) in [6.07, 6.45) is 0.726. The Kier molecular flexibility index (Phi) is 4.56. The van der Waals surface area contributed by atoms with E-state index < -0.39 is 10.8 Å². The van der Waals surface area contributed by atoms with Crippen molar-refractivity contribution in [3.8, 4) is 11.5 Å². The number of methoxy groups -OCH3 is 1. The summed E-state index contributed by atoms with van der Waals surface area (Å²) in [6.45, 7) is 2.59. The van der Waals surface area contributed by atoms with E-state index in [1.54, 1.807) is 11.8 Å². The predicted molar refractivity (Wildman–Crippen MR) is 92.6 cm³/mol. The van der Waals surface area contributed by atoms with Crippen LogP contribution < -0.4 is 14.4 Å². The maximum atomic E-state index is 13.0. The van der Waals surface area contributed by atoms with Crippen molar-refractivity contribution in [1.29, 1.82) is 0 Å². The first kappa shape index (κ1) is 16.8. The molecule has 130 valence electrons. The number of amides is 1. The van der Waals surface area contributed by atoms with Gasteiger partial charge in [0, 0.05) is 18.3 Å². The van der Waals surface area contributed by atoms with Gasteiger partial charge in [0.2, 0.25) is 0 Å². The molecular formula is C18H18N2O5. The molecule has 0 aromatic heterocycles. The van der Waals surface area contributed by atoms with Gasteiger partial charge >= 0.3 is 0 Å². The fourth-order valence-electron chi connectivity index (χ4n) is 2.99. The standard InChI is InChI=1S/C18H18N2O5/c1-3-25-17-11-15(20(22)23)13(10-16(17)24-2)18(21)19-9-8-12-6-4-5-7-14(12)19/h4-7,10-11H,3,8-9H2,1-2H3. The van der Waals surface area contributed by atoms with Gasteiger partial charge in [0.1, 0.15) is 5.56 Å². The first-order valence-electron chi connectivity index (χ1n) is 7.95. The molecular weight excluding hydrogens is 324 g/mol. The second kappa shape index (κ2) is 6.80. The molecule has 0 saturated carbocycles. The van der Waals surface area contributed by atoms with Crippen LogP contribution in [0.25, 0.3) is 0 Å². The molecule has 3 rings (SSSR count). The van der Waals surface area contributed by atoms with E-state index >= 15 is 0 Å². The van der Waals surface area contributed by atoms with E-state index in [2.05, 4.69) is 0 Å². The Bertz CT molecular complexity index is 834. The number of anilines is 1. The second-order valence-corrected chi connectivity index (χ2v) is 5.55. The van der Waals surface area contributed by atoms with Gasteiger partial charge in [0.25, 0.3) is 11.6 Å². The van der Waals surface area contributed by atoms with Crippen LogP contribution in [0.3, 0.4) is 0 Å². The van der Waals surface area contributed by atoms with Crippen molar-refractivity contribution in [2.24, 2.45) is 0 Å². The molecule has 1 heterocycles. The molecule has 7 heteroatoms. The summed E-state index contributed by atoms with van der Waals surface area (Å²) in [7, 11) is 1.43. The minimum Gasteiger partial charge on any atom is -0.493 e. The topological polar surface area (TPSA) is 81.9 Å². The van der Waals surface area contributed by atoms with E-state index in [9.17, 15) is 14.9 Å². The summed E-state index contributed by atoms with van der Waals surface area (Å²) < 4.78 is 10.6. The van der Waals surface area contributed by atoms with Crippen molar-refractivity contribution in [3.63, 3.8) is 0 Å². The minimum atomic E-state index is -0.572. The maximum Gasteiger partial charge on any atom is 0.286 e. The fourth-order valence-corrected chi connectivity index (χ4v) is 2.99. The molecule has 0 aliphatic carbocycles. The molecule has 2 aromatic carbocycles. The lowest BCUT2D eigenvalue weighted by Crippen LogP contribution is -2.29. The zero-order chi connectivity index (χ0) is 18.0. The quantitative estimate of drug-likeness (QED) is 0.615. The average Bonchev–Trinajstić information content (AvgIpc) is 3.05. The third-order valence-electron chi connectivity index (χ3n) is 4.14. The first-order valence-corrected chi connectivity index (χ1v) is 7.95. The van der Waals surface area contributed by atoms with Gasteiger partial charge in [-0.15, -0.1) is 0 Å². The molecule has 0 bridgehead atoms. The van der Waals surface area contributed by atoms with Gasteiger partial charge < -0.3 is 14.4 Å². The second-order valence-electron chi connectivity index (χ2n) is 5.55. The summed E-state index contributed by atoms with van der Waals surface area (Å²) in [5.41, 5.74) is 1.53. The molecule has 0 spiro atoms. The molecule has 2 aromatic rings. The lowest BCUT2D eigenvalue weighted by Gasteiger charge is -2.18. The first-order chi connectivity index (χ1) is 12.1. The maximum absolute atomic E-state index is 13.0.